The highest BCUT2D eigenvalue weighted by atomic mass is 35.5. The lowest BCUT2D eigenvalue weighted by Gasteiger charge is -2.07. The van der Waals surface area contributed by atoms with Crippen molar-refractivity contribution in [2.45, 2.75) is 13.2 Å². The van der Waals surface area contributed by atoms with Crippen LogP contribution in [-0.2, 0) is 0 Å². The molecule has 1 aliphatic heterocycles. The Morgan fingerprint density at radius 2 is 2.00 bits per heavy atom. The van der Waals surface area contributed by atoms with Crippen molar-refractivity contribution in [1.29, 1.82) is 0 Å². The number of fused-ring (bicyclic) bond motifs is 1. The van der Waals surface area contributed by atoms with Crippen molar-refractivity contribution >= 4 is 11.6 Å². The lowest BCUT2D eigenvalue weighted by atomic mass is 10.0. The first kappa shape index (κ1) is 11.4. The molecule has 1 atom stereocenters. The summed E-state index contributed by atoms with van der Waals surface area (Å²) in [5.41, 5.74) is 1.45. The van der Waals surface area contributed by atoms with Gasteiger partial charge in [-0.05, 0) is 23.8 Å². The van der Waals surface area contributed by atoms with Gasteiger partial charge in [-0.1, -0.05) is 23.7 Å². The van der Waals surface area contributed by atoms with E-state index in [1.165, 1.54) is 12.1 Å². The molecule has 1 unspecified atom stereocenters. The van der Waals surface area contributed by atoms with Gasteiger partial charge in [-0.2, -0.15) is 0 Å². The summed E-state index contributed by atoms with van der Waals surface area (Å²) < 4.78 is 24.5. The molecule has 0 spiro atoms. The van der Waals surface area contributed by atoms with Crippen molar-refractivity contribution in [2.24, 2.45) is 0 Å². The van der Waals surface area contributed by atoms with Crippen molar-refractivity contribution in [3.8, 4) is 22.6 Å². The van der Waals surface area contributed by atoms with E-state index in [4.69, 9.17) is 21.1 Å². The quantitative estimate of drug-likeness (QED) is 0.766. The third kappa shape index (κ3) is 1.91. The van der Waals surface area contributed by atoms with E-state index in [9.17, 15) is 4.39 Å². The number of hydrogen-bond acceptors (Lipinski definition) is 2. The van der Waals surface area contributed by atoms with Crippen LogP contribution in [0.3, 0.4) is 0 Å². The van der Waals surface area contributed by atoms with Gasteiger partial charge in [0.1, 0.15) is 5.82 Å². The molecule has 92 valence electrons. The third-order valence-electron chi connectivity index (χ3n) is 2.73. The Labute approximate surface area is 109 Å². The SMILES string of the molecule is CC1Oc2cc(F)cc(-c3cccc(Cl)c3)c2O1. The molecule has 0 N–H and O–H groups in total. The lowest BCUT2D eigenvalue weighted by molar-refractivity contribution is 0.0680. The molecule has 0 aromatic heterocycles. The maximum absolute atomic E-state index is 13.6. The summed E-state index contributed by atoms with van der Waals surface area (Å²) in [5, 5.41) is 0.595. The Morgan fingerprint density at radius 3 is 2.78 bits per heavy atom. The highest BCUT2D eigenvalue weighted by molar-refractivity contribution is 6.30. The van der Waals surface area contributed by atoms with Crippen molar-refractivity contribution in [3.63, 3.8) is 0 Å². The van der Waals surface area contributed by atoms with Crippen LogP contribution in [0, 0.1) is 5.82 Å². The predicted molar refractivity (Wildman–Crippen MR) is 67.6 cm³/mol. The van der Waals surface area contributed by atoms with Crippen molar-refractivity contribution in [1.82, 2.24) is 0 Å². The van der Waals surface area contributed by atoms with Gasteiger partial charge < -0.3 is 9.47 Å². The number of rotatable bonds is 1. The van der Waals surface area contributed by atoms with E-state index in [0.29, 0.717) is 22.1 Å². The monoisotopic (exact) mass is 264 g/mol. The van der Waals surface area contributed by atoms with Gasteiger partial charge in [-0.25, -0.2) is 4.39 Å². The zero-order valence-electron chi connectivity index (χ0n) is 9.61. The second-order valence-corrected chi connectivity index (χ2v) is 4.53. The second-order valence-electron chi connectivity index (χ2n) is 4.09. The van der Waals surface area contributed by atoms with E-state index in [0.717, 1.165) is 5.56 Å². The van der Waals surface area contributed by atoms with E-state index in [1.54, 1.807) is 19.1 Å². The third-order valence-corrected chi connectivity index (χ3v) is 2.97. The van der Waals surface area contributed by atoms with Crippen molar-refractivity contribution < 1.29 is 13.9 Å². The van der Waals surface area contributed by atoms with E-state index < -0.39 is 6.29 Å². The Morgan fingerprint density at radius 1 is 1.17 bits per heavy atom. The average Bonchev–Trinajstić information content (AvgIpc) is 2.68. The molecule has 1 aliphatic rings. The number of benzene rings is 2. The number of ether oxygens (including phenoxy) is 2. The predicted octanol–water partition coefficient (Wildman–Crippen LogP) is 4.26. The van der Waals surface area contributed by atoms with Gasteiger partial charge in [0.25, 0.3) is 0 Å². The standard InChI is InChI=1S/C14H10ClFO2/c1-8-17-13-7-11(16)6-12(14(13)18-8)9-3-2-4-10(15)5-9/h2-8H,1H3. The van der Waals surface area contributed by atoms with Gasteiger partial charge in [0.15, 0.2) is 11.5 Å². The number of hydrogen-bond donors (Lipinski definition) is 0. The van der Waals surface area contributed by atoms with Crippen LogP contribution < -0.4 is 9.47 Å². The number of halogens is 2. The van der Waals surface area contributed by atoms with Crippen LogP contribution in [0.2, 0.25) is 5.02 Å². The molecule has 0 amide bonds. The normalized spacial score (nSPS) is 16.9. The molecule has 0 fully saturated rings. The first-order valence-corrected chi connectivity index (χ1v) is 5.94. The molecule has 2 nitrogen and oxygen atoms in total. The summed E-state index contributed by atoms with van der Waals surface area (Å²) in [7, 11) is 0. The minimum absolute atomic E-state index is 0.360. The van der Waals surface area contributed by atoms with Gasteiger partial charge >= 0.3 is 0 Å². The fraction of sp³-hybridized carbons (Fsp3) is 0.143. The fourth-order valence-corrected chi connectivity index (χ4v) is 2.21. The molecule has 0 aliphatic carbocycles. The maximum atomic E-state index is 13.6. The second kappa shape index (κ2) is 4.18. The molecular formula is C14H10ClFO2. The smallest absolute Gasteiger partial charge is 0.238 e. The molecule has 0 saturated carbocycles. The molecule has 4 heteroatoms. The van der Waals surface area contributed by atoms with Crippen LogP contribution in [0.4, 0.5) is 4.39 Å². The molecule has 1 heterocycles. The van der Waals surface area contributed by atoms with Crippen molar-refractivity contribution in [3.05, 3.63) is 47.2 Å². The summed E-state index contributed by atoms with van der Waals surface area (Å²) in [6.45, 7) is 1.76. The topological polar surface area (TPSA) is 18.5 Å². The molecule has 3 rings (SSSR count). The van der Waals surface area contributed by atoms with Crippen LogP contribution in [0.1, 0.15) is 6.92 Å². The van der Waals surface area contributed by atoms with E-state index in [2.05, 4.69) is 0 Å². The van der Waals surface area contributed by atoms with Crippen LogP contribution in [0.15, 0.2) is 36.4 Å². The highest BCUT2D eigenvalue weighted by Gasteiger charge is 2.25. The minimum atomic E-state index is -0.403. The minimum Gasteiger partial charge on any atom is -0.451 e. The van der Waals surface area contributed by atoms with Gasteiger partial charge in [0, 0.05) is 23.6 Å². The van der Waals surface area contributed by atoms with Gasteiger partial charge in [0.05, 0.1) is 0 Å². The van der Waals surface area contributed by atoms with E-state index in [-0.39, 0.29) is 5.82 Å². The van der Waals surface area contributed by atoms with Gasteiger partial charge in [-0.3, -0.25) is 0 Å². The van der Waals surface area contributed by atoms with Crippen molar-refractivity contribution in [2.75, 3.05) is 0 Å². The Kier molecular flexibility index (Phi) is 2.63. The Balaban J connectivity index is 2.18. The first-order chi connectivity index (χ1) is 8.63. The molecule has 0 radical (unpaired) electrons. The molecular weight excluding hydrogens is 255 g/mol. The zero-order chi connectivity index (χ0) is 12.7. The zero-order valence-corrected chi connectivity index (χ0v) is 10.4. The largest absolute Gasteiger partial charge is 0.451 e. The molecule has 0 bridgehead atoms. The van der Waals surface area contributed by atoms with Crippen LogP contribution in [-0.4, -0.2) is 6.29 Å². The van der Waals surface area contributed by atoms with Gasteiger partial charge in [-0.15, -0.1) is 0 Å². The average molecular weight is 265 g/mol. The highest BCUT2D eigenvalue weighted by Crippen LogP contribution is 2.44. The molecule has 2 aromatic carbocycles. The maximum Gasteiger partial charge on any atom is 0.238 e. The van der Waals surface area contributed by atoms with Gasteiger partial charge in [0.2, 0.25) is 6.29 Å². The summed E-state index contributed by atoms with van der Waals surface area (Å²) in [6.07, 6.45) is -0.403. The van der Waals surface area contributed by atoms with Crippen LogP contribution in [0.25, 0.3) is 11.1 Å². The molecule has 0 saturated heterocycles. The molecule has 2 aromatic rings. The Hall–Kier alpha value is -1.74. The Bertz CT molecular complexity index is 613. The summed E-state index contributed by atoms with van der Waals surface area (Å²) in [4.78, 5) is 0. The first-order valence-electron chi connectivity index (χ1n) is 5.56. The summed E-state index contributed by atoms with van der Waals surface area (Å²) in [6, 6.07) is 9.95. The summed E-state index contributed by atoms with van der Waals surface area (Å²) in [5.74, 6) is 0.630. The van der Waals surface area contributed by atoms with Crippen LogP contribution in [0.5, 0.6) is 11.5 Å². The molecule has 18 heavy (non-hydrogen) atoms. The fourth-order valence-electron chi connectivity index (χ4n) is 2.02. The summed E-state index contributed by atoms with van der Waals surface area (Å²) >= 11 is 5.95. The van der Waals surface area contributed by atoms with Crippen LogP contribution >= 0.6 is 11.6 Å². The van der Waals surface area contributed by atoms with E-state index in [1.807, 2.05) is 12.1 Å². The van der Waals surface area contributed by atoms with E-state index >= 15 is 0 Å². The lowest BCUT2D eigenvalue weighted by Crippen LogP contribution is -2.11.